The Morgan fingerprint density at radius 1 is 1.19 bits per heavy atom. The first kappa shape index (κ1) is 20.1. The van der Waals surface area contributed by atoms with Gasteiger partial charge in [-0.1, -0.05) is 23.2 Å². The summed E-state index contributed by atoms with van der Waals surface area (Å²) < 4.78 is 39.5. The fourth-order valence-electron chi connectivity index (χ4n) is 1.80. The van der Waals surface area contributed by atoms with Crippen molar-refractivity contribution in [3.63, 3.8) is 0 Å². The number of aliphatic carboxylic acids is 1. The molecule has 1 aromatic heterocycles. The van der Waals surface area contributed by atoms with Crippen molar-refractivity contribution in [2.45, 2.75) is 25.6 Å². The fourth-order valence-corrected chi connectivity index (χ4v) is 2.10. The monoisotopic (exact) mass is 408 g/mol. The molecule has 3 N–H and O–H groups in total. The summed E-state index contributed by atoms with van der Waals surface area (Å²) in [6.45, 7) is 2.42. The molecule has 2 rings (SSSR count). The number of nitrogens with zero attached hydrogens (tertiary/aromatic N) is 2. The quantitative estimate of drug-likeness (QED) is 0.657. The van der Waals surface area contributed by atoms with Crippen LogP contribution in [0.4, 0.5) is 30.6 Å². The minimum atomic E-state index is -4.76. The van der Waals surface area contributed by atoms with Gasteiger partial charge in [-0.3, -0.25) is 0 Å². The smallest absolute Gasteiger partial charge is 0.421 e. The van der Waals surface area contributed by atoms with Crippen LogP contribution in [0.3, 0.4) is 0 Å². The summed E-state index contributed by atoms with van der Waals surface area (Å²) in [4.78, 5) is 18.6. The van der Waals surface area contributed by atoms with Crippen molar-refractivity contribution in [1.29, 1.82) is 0 Å². The molecule has 0 aliphatic heterocycles. The normalized spacial score (nSPS) is 12.0. The molecule has 26 heavy (non-hydrogen) atoms. The molecule has 0 fully saturated rings. The lowest BCUT2D eigenvalue weighted by molar-refractivity contribution is -0.142. The van der Waals surface area contributed by atoms with Crippen LogP contribution in [0, 0.1) is 0 Å². The van der Waals surface area contributed by atoms with Crippen molar-refractivity contribution in [2.24, 2.45) is 0 Å². The van der Waals surface area contributed by atoms with Crippen LogP contribution in [0.2, 0.25) is 10.0 Å². The van der Waals surface area contributed by atoms with Crippen LogP contribution < -0.4 is 10.6 Å². The summed E-state index contributed by atoms with van der Waals surface area (Å²) in [5.74, 6) is -2.19. The first-order chi connectivity index (χ1) is 11.9. The Kier molecular flexibility index (Phi) is 5.52. The van der Waals surface area contributed by atoms with Crippen LogP contribution >= 0.6 is 23.2 Å². The van der Waals surface area contributed by atoms with Gasteiger partial charge in [-0.05, 0) is 32.0 Å². The molecule has 0 unspecified atom stereocenters. The summed E-state index contributed by atoms with van der Waals surface area (Å²) >= 11 is 11.7. The number of hydrogen-bond donors (Lipinski definition) is 3. The average molecular weight is 409 g/mol. The molecule has 0 bridgehead atoms. The zero-order chi connectivity index (χ0) is 19.7. The van der Waals surface area contributed by atoms with Crippen LogP contribution in [0.15, 0.2) is 24.4 Å². The molecule has 0 radical (unpaired) electrons. The molecule has 1 aromatic carbocycles. The van der Waals surface area contributed by atoms with Crippen LogP contribution in [0.1, 0.15) is 19.4 Å². The zero-order valence-corrected chi connectivity index (χ0v) is 15.0. The molecule has 0 aliphatic rings. The Hall–Kier alpha value is -2.26. The highest BCUT2D eigenvalue weighted by molar-refractivity contribution is 6.42. The number of carboxylic acids is 1. The van der Waals surface area contributed by atoms with Gasteiger partial charge >= 0.3 is 12.1 Å². The largest absolute Gasteiger partial charge is 0.480 e. The number of halogens is 5. The molecular formula is C15H13Cl2F3N4O2. The Morgan fingerprint density at radius 3 is 2.38 bits per heavy atom. The zero-order valence-electron chi connectivity index (χ0n) is 13.4. The topological polar surface area (TPSA) is 87.1 Å². The molecule has 0 spiro atoms. The number of nitrogens with one attached hydrogen (secondary N) is 2. The molecule has 0 aliphatic carbocycles. The molecule has 6 nitrogen and oxygen atoms in total. The SMILES string of the molecule is CC(C)(Nc1nc(Nc2ccc(Cl)c(Cl)c2)ncc1C(F)(F)F)C(=O)O. The van der Waals surface area contributed by atoms with E-state index in [-0.39, 0.29) is 11.0 Å². The van der Waals surface area contributed by atoms with Crippen LogP contribution in [-0.2, 0) is 11.0 Å². The minimum Gasteiger partial charge on any atom is -0.480 e. The molecule has 0 saturated heterocycles. The standard InChI is InChI=1S/C15H13Cl2F3N4O2/c1-14(2,12(25)26)24-11-8(15(18,19)20)6-21-13(23-11)22-7-3-4-9(16)10(17)5-7/h3-6H,1-2H3,(H,25,26)(H2,21,22,23,24). The van der Waals surface area contributed by atoms with E-state index in [0.717, 1.165) is 0 Å². The van der Waals surface area contributed by atoms with Gasteiger partial charge in [-0.25, -0.2) is 9.78 Å². The van der Waals surface area contributed by atoms with Gasteiger partial charge in [0, 0.05) is 11.9 Å². The van der Waals surface area contributed by atoms with Crippen LogP contribution in [0.25, 0.3) is 0 Å². The lowest BCUT2D eigenvalue weighted by Gasteiger charge is -2.24. The minimum absolute atomic E-state index is 0.180. The average Bonchev–Trinajstić information content (AvgIpc) is 2.49. The second-order valence-electron chi connectivity index (χ2n) is 5.76. The van der Waals surface area contributed by atoms with Crippen molar-refractivity contribution in [3.8, 4) is 0 Å². The number of benzene rings is 1. The third-order valence-corrected chi connectivity index (χ3v) is 3.97. The van der Waals surface area contributed by atoms with Gasteiger partial charge in [0.2, 0.25) is 5.95 Å². The third-order valence-electron chi connectivity index (χ3n) is 3.24. The van der Waals surface area contributed by atoms with Crippen molar-refractivity contribution in [3.05, 3.63) is 40.0 Å². The van der Waals surface area contributed by atoms with Gasteiger partial charge in [0.1, 0.15) is 16.9 Å². The first-order valence-corrected chi connectivity index (χ1v) is 7.83. The summed E-state index contributed by atoms with van der Waals surface area (Å²) in [6, 6.07) is 4.46. The first-order valence-electron chi connectivity index (χ1n) is 7.08. The number of aromatic nitrogens is 2. The lowest BCUT2D eigenvalue weighted by atomic mass is 10.1. The van der Waals surface area contributed by atoms with E-state index in [1.54, 1.807) is 0 Å². The molecule has 0 amide bonds. The second kappa shape index (κ2) is 7.16. The lowest BCUT2D eigenvalue weighted by Crippen LogP contribution is -2.41. The number of alkyl halides is 3. The van der Waals surface area contributed by atoms with Gasteiger partial charge in [-0.2, -0.15) is 18.2 Å². The number of anilines is 3. The molecule has 140 valence electrons. The van der Waals surface area contributed by atoms with E-state index in [4.69, 9.17) is 28.3 Å². The van der Waals surface area contributed by atoms with E-state index in [1.807, 2.05) is 0 Å². The van der Waals surface area contributed by atoms with Gasteiger partial charge in [0.25, 0.3) is 0 Å². The molecule has 1 heterocycles. The van der Waals surface area contributed by atoms with Crippen molar-refractivity contribution < 1.29 is 23.1 Å². The van der Waals surface area contributed by atoms with Crippen molar-refractivity contribution in [1.82, 2.24) is 9.97 Å². The summed E-state index contributed by atoms with van der Waals surface area (Å²) in [6.07, 6.45) is -4.20. The molecule has 2 aromatic rings. The highest BCUT2D eigenvalue weighted by Crippen LogP contribution is 2.35. The Balaban J connectivity index is 2.42. The predicted octanol–water partition coefficient (Wildman–Crippen LogP) is 4.82. The van der Waals surface area contributed by atoms with E-state index >= 15 is 0 Å². The Labute approximate surface area is 156 Å². The maximum absolute atomic E-state index is 13.2. The van der Waals surface area contributed by atoms with Gasteiger partial charge in [0.15, 0.2) is 0 Å². The number of rotatable bonds is 5. The van der Waals surface area contributed by atoms with E-state index < -0.39 is 29.1 Å². The summed E-state index contributed by atoms with van der Waals surface area (Å²) in [5, 5.41) is 14.6. The Bertz CT molecular complexity index is 844. The van der Waals surface area contributed by atoms with E-state index in [0.29, 0.717) is 16.9 Å². The maximum Gasteiger partial charge on any atom is 0.421 e. The molecule has 0 atom stereocenters. The maximum atomic E-state index is 13.2. The fraction of sp³-hybridized carbons (Fsp3) is 0.267. The number of carbonyl (C=O) groups is 1. The number of carboxylic acid groups (broad SMARTS) is 1. The van der Waals surface area contributed by atoms with Gasteiger partial charge in [-0.15, -0.1) is 0 Å². The molecular weight excluding hydrogens is 396 g/mol. The van der Waals surface area contributed by atoms with Crippen molar-refractivity contribution in [2.75, 3.05) is 10.6 Å². The van der Waals surface area contributed by atoms with Gasteiger partial charge in [0.05, 0.1) is 10.0 Å². The molecule has 0 saturated carbocycles. The van der Waals surface area contributed by atoms with Crippen molar-refractivity contribution >= 4 is 46.6 Å². The van der Waals surface area contributed by atoms with E-state index in [1.165, 1.54) is 32.0 Å². The highest BCUT2D eigenvalue weighted by atomic mass is 35.5. The van der Waals surface area contributed by atoms with Crippen LogP contribution in [-0.4, -0.2) is 26.6 Å². The van der Waals surface area contributed by atoms with Gasteiger partial charge < -0.3 is 15.7 Å². The second-order valence-corrected chi connectivity index (χ2v) is 6.58. The van der Waals surface area contributed by atoms with Crippen LogP contribution in [0.5, 0.6) is 0 Å². The van der Waals surface area contributed by atoms with E-state index in [2.05, 4.69) is 20.6 Å². The number of hydrogen-bond acceptors (Lipinski definition) is 5. The highest BCUT2D eigenvalue weighted by Gasteiger charge is 2.38. The third kappa shape index (κ3) is 4.67. The summed E-state index contributed by atoms with van der Waals surface area (Å²) in [7, 11) is 0. The van der Waals surface area contributed by atoms with E-state index in [9.17, 15) is 18.0 Å². The summed E-state index contributed by atoms with van der Waals surface area (Å²) in [5.41, 5.74) is -2.48. The predicted molar refractivity (Wildman–Crippen MR) is 92.1 cm³/mol. The Morgan fingerprint density at radius 2 is 1.85 bits per heavy atom. The molecule has 11 heteroatoms.